The fourth-order valence-electron chi connectivity index (χ4n) is 2.60. The summed E-state index contributed by atoms with van der Waals surface area (Å²) in [4.78, 5) is 50.5. The first-order valence-electron chi connectivity index (χ1n) is 8.10. The summed E-state index contributed by atoms with van der Waals surface area (Å²) in [5, 5.41) is 4.52. The highest BCUT2D eigenvalue weighted by atomic mass is 32.1. The lowest BCUT2D eigenvalue weighted by molar-refractivity contribution is -0.129. The summed E-state index contributed by atoms with van der Waals surface area (Å²) in [6.07, 6.45) is 1.47. The number of nitrogens with one attached hydrogen (secondary N) is 1. The summed E-state index contributed by atoms with van der Waals surface area (Å²) in [7, 11) is 1.48. The Hall–Kier alpha value is -3.14. The highest BCUT2D eigenvalue weighted by molar-refractivity contribution is 7.15. The number of nitrogens with zero attached hydrogens (tertiary/aromatic N) is 2. The van der Waals surface area contributed by atoms with Crippen molar-refractivity contribution in [2.24, 2.45) is 0 Å². The Bertz CT molecular complexity index is 889. The molecule has 0 spiro atoms. The predicted molar refractivity (Wildman–Crippen MR) is 96.3 cm³/mol. The normalized spacial score (nSPS) is 14.0. The molecule has 9 nitrogen and oxygen atoms in total. The second kappa shape index (κ2) is 7.62. The van der Waals surface area contributed by atoms with Crippen LogP contribution in [0.2, 0.25) is 0 Å². The molecule has 3 heterocycles. The van der Waals surface area contributed by atoms with Gasteiger partial charge >= 0.3 is 12.0 Å². The summed E-state index contributed by atoms with van der Waals surface area (Å²) in [6, 6.07) is 2.83. The zero-order valence-corrected chi connectivity index (χ0v) is 15.5. The number of anilines is 1. The zero-order valence-electron chi connectivity index (χ0n) is 14.7. The number of furan rings is 1. The van der Waals surface area contributed by atoms with Crippen molar-refractivity contribution in [1.82, 2.24) is 9.80 Å². The number of esters is 1. The quantitative estimate of drug-likeness (QED) is 0.596. The zero-order chi connectivity index (χ0) is 19.6. The summed E-state index contributed by atoms with van der Waals surface area (Å²) in [5.74, 6) is -1.19. The van der Waals surface area contributed by atoms with Crippen molar-refractivity contribution in [2.45, 2.75) is 6.92 Å². The molecule has 4 amide bonds. The van der Waals surface area contributed by atoms with E-state index in [9.17, 15) is 19.2 Å². The van der Waals surface area contributed by atoms with E-state index in [4.69, 9.17) is 9.15 Å². The van der Waals surface area contributed by atoms with Crippen molar-refractivity contribution in [3.05, 3.63) is 29.3 Å². The van der Waals surface area contributed by atoms with Crippen LogP contribution in [0, 0.1) is 0 Å². The van der Waals surface area contributed by atoms with Gasteiger partial charge in [0.25, 0.3) is 5.91 Å². The van der Waals surface area contributed by atoms with E-state index in [0.717, 1.165) is 16.2 Å². The maximum atomic E-state index is 12.4. The number of amides is 4. The molecule has 142 valence electrons. The fourth-order valence-corrected chi connectivity index (χ4v) is 3.56. The van der Waals surface area contributed by atoms with Gasteiger partial charge in [0.05, 0.1) is 12.9 Å². The molecule has 1 fully saturated rings. The first-order chi connectivity index (χ1) is 12.9. The van der Waals surface area contributed by atoms with E-state index in [0.29, 0.717) is 11.3 Å². The molecule has 1 aliphatic rings. The van der Waals surface area contributed by atoms with Crippen LogP contribution in [0.4, 0.5) is 9.80 Å². The van der Waals surface area contributed by atoms with Gasteiger partial charge in [-0.15, -0.1) is 11.3 Å². The summed E-state index contributed by atoms with van der Waals surface area (Å²) in [5.41, 5.74) is 0.660. The van der Waals surface area contributed by atoms with E-state index in [2.05, 4.69) is 5.32 Å². The van der Waals surface area contributed by atoms with Gasteiger partial charge in [-0.1, -0.05) is 0 Å². The predicted octanol–water partition coefficient (Wildman–Crippen LogP) is 2.02. The number of carbonyl (C=O) groups excluding carboxylic acids is 4. The summed E-state index contributed by atoms with van der Waals surface area (Å²) >= 11 is 1.13. The van der Waals surface area contributed by atoms with Gasteiger partial charge in [-0.05, 0) is 19.1 Å². The van der Waals surface area contributed by atoms with Gasteiger partial charge in [0, 0.05) is 18.0 Å². The topological polar surface area (TPSA) is 109 Å². The van der Waals surface area contributed by atoms with E-state index in [1.165, 1.54) is 18.2 Å². The van der Waals surface area contributed by atoms with Gasteiger partial charge < -0.3 is 19.4 Å². The summed E-state index contributed by atoms with van der Waals surface area (Å²) in [6.45, 7) is 1.35. The van der Waals surface area contributed by atoms with Crippen LogP contribution >= 0.6 is 11.3 Å². The average molecular weight is 391 g/mol. The number of likely N-dealkylation sites (N-methyl/N-ethyl adjacent to an activating group) is 1. The molecule has 1 N–H and O–H groups in total. The van der Waals surface area contributed by atoms with Crippen molar-refractivity contribution in [1.29, 1.82) is 0 Å². The van der Waals surface area contributed by atoms with Crippen LogP contribution in [-0.2, 0) is 14.3 Å². The average Bonchev–Trinajstić information content (AvgIpc) is 3.32. The van der Waals surface area contributed by atoms with E-state index in [1.54, 1.807) is 24.4 Å². The molecule has 10 heteroatoms. The molecule has 1 saturated heterocycles. The molecule has 3 rings (SSSR count). The second-order valence-electron chi connectivity index (χ2n) is 5.72. The Morgan fingerprint density at radius 1 is 1.37 bits per heavy atom. The molecule has 0 atom stereocenters. The van der Waals surface area contributed by atoms with Crippen molar-refractivity contribution in [3.63, 3.8) is 0 Å². The smallest absolute Gasteiger partial charge is 0.341 e. The third-order valence-electron chi connectivity index (χ3n) is 3.84. The minimum atomic E-state index is -0.603. The highest BCUT2D eigenvalue weighted by Crippen LogP contribution is 2.36. The lowest BCUT2D eigenvalue weighted by Gasteiger charge is -2.14. The van der Waals surface area contributed by atoms with Gasteiger partial charge in [0.1, 0.15) is 29.4 Å². The summed E-state index contributed by atoms with van der Waals surface area (Å²) < 4.78 is 10.4. The number of ether oxygens (including phenoxy) is 1. The van der Waals surface area contributed by atoms with E-state index in [-0.39, 0.29) is 23.7 Å². The van der Waals surface area contributed by atoms with Crippen LogP contribution < -0.4 is 5.32 Å². The largest absolute Gasteiger partial charge is 0.464 e. The van der Waals surface area contributed by atoms with Crippen molar-refractivity contribution in [3.8, 4) is 11.3 Å². The third-order valence-corrected chi connectivity index (χ3v) is 4.74. The van der Waals surface area contributed by atoms with Crippen molar-refractivity contribution >= 4 is 40.2 Å². The maximum Gasteiger partial charge on any atom is 0.341 e. The Morgan fingerprint density at radius 2 is 2.15 bits per heavy atom. The Labute approximate surface area is 158 Å². The van der Waals surface area contributed by atoms with Crippen LogP contribution in [-0.4, -0.2) is 60.4 Å². The van der Waals surface area contributed by atoms with Gasteiger partial charge in [-0.25, -0.2) is 9.59 Å². The van der Waals surface area contributed by atoms with Crippen LogP contribution in [0.1, 0.15) is 17.3 Å². The second-order valence-corrected chi connectivity index (χ2v) is 6.60. The number of thiophene rings is 1. The molecule has 0 unspecified atom stereocenters. The molecule has 2 aromatic rings. The van der Waals surface area contributed by atoms with Crippen molar-refractivity contribution in [2.75, 3.05) is 32.1 Å². The highest BCUT2D eigenvalue weighted by Gasteiger charge is 2.35. The Kier molecular flexibility index (Phi) is 5.26. The van der Waals surface area contributed by atoms with Crippen LogP contribution in [0.3, 0.4) is 0 Å². The first-order valence-corrected chi connectivity index (χ1v) is 8.98. The van der Waals surface area contributed by atoms with Crippen molar-refractivity contribution < 1.29 is 28.3 Å². The molecule has 0 aliphatic carbocycles. The minimum Gasteiger partial charge on any atom is -0.464 e. The lowest BCUT2D eigenvalue weighted by Crippen LogP contribution is -2.38. The molecule has 2 aromatic heterocycles. The molecule has 0 radical (unpaired) electrons. The monoisotopic (exact) mass is 391 g/mol. The van der Waals surface area contributed by atoms with Gasteiger partial charge in [-0.2, -0.15) is 0 Å². The molecule has 0 bridgehead atoms. The SMILES string of the molecule is CCOC(=O)c1c(-c2ccco2)csc1NC(=O)CN1C(=O)CN(C)C1=O. The molecule has 0 aromatic carbocycles. The number of hydrogen-bond donors (Lipinski definition) is 1. The number of hydrogen-bond acceptors (Lipinski definition) is 7. The van der Waals surface area contributed by atoms with Gasteiger partial charge in [0.2, 0.25) is 5.91 Å². The number of rotatable bonds is 6. The molecule has 1 aliphatic heterocycles. The first kappa shape index (κ1) is 18.6. The number of imide groups is 1. The Morgan fingerprint density at radius 3 is 2.74 bits per heavy atom. The third kappa shape index (κ3) is 3.70. The van der Waals surface area contributed by atoms with E-state index >= 15 is 0 Å². The number of carbonyl (C=O) groups is 4. The van der Waals surface area contributed by atoms with E-state index < -0.39 is 30.4 Å². The Balaban J connectivity index is 1.82. The number of urea groups is 1. The maximum absolute atomic E-state index is 12.4. The van der Waals surface area contributed by atoms with Crippen LogP contribution in [0.5, 0.6) is 0 Å². The standard InChI is InChI=1S/C17H17N3O6S/c1-3-25-16(23)14-10(11-5-4-6-26-11)9-27-15(14)18-12(21)7-20-13(22)8-19(2)17(20)24/h4-6,9H,3,7-8H2,1-2H3,(H,18,21). The van der Waals surface area contributed by atoms with Crippen LogP contribution in [0.15, 0.2) is 28.2 Å². The lowest BCUT2D eigenvalue weighted by atomic mass is 10.1. The molecule has 0 saturated carbocycles. The van der Waals surface area contributed by atoms with Gasteiger partial charge in [0.15, 0.2) is 0 Å². The minimum absolute atomic E-state index is 0.0676. The molecular weight excluding hydrogens is 374 g/mol. The fraction of sp³-hybridized carbons (Fsp3) is 0.294. The molecular formula is C17H17N3O6S. The van der Waals surface area contributed by atoms with Crippen LogP contribution in [0.25, 0.3) is 11.3 Å². The molecule has 27 heavy (non-hydrogen) atoms. The van der Waals surface area contributed by atoms with E-state index in [1.807, 2.05) is 0 Å². The van der Waals surface area contributed by atoms with Gasteiger partial charge in [-0.3, -0.25) is 14.5 Å².